The second-order valence-corrected chi connectivity index (χ2v) is 5.81. The predicted octanol–water partition coefficient (Wildman–Crippen LogP) is 4.01. The molecule has 13 heteroatoms. The van der Waals surface area contributed by atoms with Gasteiger partial charge in [-0.15, -0.1) is 0 Å². The van der Waals surface area contributed by atoms with Gasteiger partial charge < -0.3 is 14.7 Å². The summed E-state index contributed by atoms with van der Waals surface area (Å²) in [5.74, 6) is -1.72. The van der Waals surface area contributed by atoms with Crippen LogP contribution in [0, 0.1) is 0 Å². The van der Waals surface area contributed by atoms with Crippen LogP contribution in [0.2, 0.25) is 0 Å². The van der Waals surface area contributed by atoms with Gasteiger partial charge in [-0.1, -0.05) is 5.16 Å². The van der Waals surface area contributed by atoms with E-state index < -0.39 is 24.6 Å². The molecular weight excluding hydrogens is 403 g/mol. The summed E-state index contributed by atoms with van der Waals surface area (Å²) in [6, 6.07) is 5.03. The molecule has 0 aliphatic heterocycles. The minimum absolute atomic E-state index is 0.00516. The number of aromatic nitrogens is 4. The third-order valence-electron chi connectivity index (χ3n) is 3.75. The number of nitrogens with one attached hydrogen (secondary N) is 1. The summed E-state index contributed by atoms with van der Waals surface area (Å²) in [4.78, 5) is 20.4. The van der Waals surface area contributed by atoms with Gasteiger partial charge in [-0.25, -0.2) is 9.78 Å². The Morgan fingerprint density at radius 3 is 2.55 bits per heavy atom. The normalized spacial score (nSPS) is 11.7. The van der Waals surface area contributed by atoms with E-state index in [-0.39, 0.29) is 23.8 Å². The second kappa shape index (κ2) is 7.85. The topological polar surface area (TPSA) is 89.1 Å². The van der Waals surface area contributed by atoms with Crippen LogP contribution < -0.4 is 5.32 Å². The Morgan fingerprint density at radius 2 is 1.97 bits per heavy atom. The van der Waals surface area contributed by atoms with E-state index in [2.05, 4.69) is 25.0 Å². The minimum Gasteiger partial charge on any atom is -0.329 e. The van der Waals surface area contributed by atoms with E-state index in [9.17, 15) is 26.7 Å². The van der Waals surface area contributed by atoms with Gasteiger partial charge in [0.2, 0.25) is 5.82 Å². The van der Waals surface area contributed by atoms with Crippen molar-refractivity contribution in [1.29, 1.82) is 0 Å². The number of nitrogens with zero attached hydrogens (tertiary/aromatic N) is 5. The molecule has 0 fully saturated rings. The second-order valence-electron chi connectivity index (χ2n) is 5.81. The van der Waals surface area contributed by atoms with Crippen LogP contribution >= 0.6 is 0 Å². The molecule has 2 heterocycles. The van der Waals surface area contributed by atoms with Crippen LogP contribution in [0.4, 0.5) is 32.4 Å². The van der Waals surface area contributed by atoms with E-state index in [4.69, 9.17) is 0 Å². The number of carbonyl (C=O) groups is 1. The number of hydrogen-bond acceptors (Lipinski definition) is 5. The van der Waals surface area contributed by atoms with Crippen molar-refractivity contribution < 1.29 is 31.3 Å². The molecule has 0 unspecified atom stereocenters. The highest BCUT2D eigenvalue weighted by atomic mass is 19.4. The standard InChI is InChI=1S/C16H13F5N6O2/c1-26(8-11-22-6-7-27(11)14(17)18)15(28)23-10-4-2-9(3-5-10)12-24-13(29-25-12)16(19,20)21/h2-7,14H,8H2,1H3,(H,23,28). The largest absolute Gasteiger partial charge is 0.471 e. The first-order valence-corrected chi connectivity index (χ1v) is 7.98. The van der Waals surface area contributed by atoms with Crippen molar-refractivity contribution in [1.82, 2.24) is 24.6 Å². The summed E-state index contributed by atoms with van der Waals surface area (Å²) in [7, 11) is 1.40. The molecule has 29 heavy (non-hydrogen) atoms. The summed E-state index contributed by atoms with van der Waals surface area (Å²) in [6.45, 7) is -2.94. The molecule has 1 N–H and O–H groups in total. The number of anilines is 1. The molecule has 0 atom stereocenters. The maximum Gasteiger partial charge on any atom is 0.471 e. The lowest BCUT2D eigenvalue weighted by molar-refractivity contribution is -0.159. The Kier molecular flexibility index (Phi) is 5.48. The number of benzene rings is 1. The smallest absolute Gasteiger partial charge is 0.329 e. The zero-order valence-electron chi connectivity index (χ0n) is 14.7. The number of amides is 2. The average Bonchev–Trinajstić information content (AvgIpc) is 3.31. The molecule has 0 aliphatic rings. The zero-order chi connectivity index (χ0) is 21.2. The molecule has 0 saturated carbocycles. The fourth-order valence-electron chi connectivity index (χ4n) is 2.31. The quantitative estimate of drug-likeness (QED) is 0.635. The molecule has 0 radical (unpaired) electrons. The maximum atomic E-state index is 12.8. The SMILES string of the molecule is CN(Cc1nccn1C(F)F)C(=O)Nc1ccc(-c2noc(C(F)(F)F)n2)cc1. The van der Waals surface area contributed by atoms with Gasteiger partial charge in [-0.2, -0.15) is 26.9 Å². The van der Waals surface area contributed by atoms with Gasteiger partial charge in [-0.05, 0) is 24.3 Å². The first-order chi connectivity index (χ1) is 13.6. The highest BCUT2D eigenvalue weighted by molar-refractivity contribution is 5.89. The van der Waals surface area contributed by atoms with Crippen LogP contribution in [-0.2, 0) is 12.7 Å². The van der Waals surface area contributed by atoms with Crippen molar-refractivity contribution in [2.24, 2.45) is 0 Å². The number of alkyl halides is 5. The van der Waals surface area contributed by atoms with Gasteiger partial charge in [0.05, 0.1) is 6.54 Å². The first kappa shape index (κ1) is 20.2. The lowest BCUT2D eigenvalue weighted by Gasteiger charge is -2.18. The number of carbonyl (C=O) groups excluding carboxylic acids is 1. The Hall–Kier alpha value is -3.51. The summed E-state index contributed by atoms with van der Waals surface area (Å²) < 4.78 is 68.0. The van der Waals surface area contributed by atoms with Gasteiger partial charge in [0.15, 0.2) is 0 Å². The Morgan fingerprint density at radius 1 is 1.28 bits per heavy atom. The molecule has 0 saturated heterocycles. The van der Waals surface area contributed by atoms with Crippen molar-refractivity contribution in [3.63, 3.8) is 0 Å². The number of halogens is 5. The molecular formula is C16H13F5N6O2. The Balaban J connectivity index is 1.64. The van der Waals surface area contributed by atoms with Crippen LogP contribution in [0.5, 0.6) is 0 Å². The third-order valence-corrected chi connectivity index (χ3v) is 3.75. The van der Waals surface area contributed by atoms with Crippen LogP contribution in [-0.4, -0.2) is 37.7 Å². The molecule has 0 bridgehead atoms. The summed E-state index contributed by atoms with van der Waals surface area (Å²) >= 11 is 0. The van der Waals surface area contributed by atoms with Crippen LogP contribution in [0.15, 0.2) is 41.2 Å². The van der Waals surface area contributed by atoms with E-state index in [0.29, 0.717) is 10.3 Å². The number of imidazole rings is 1. The van der Waals surface area contributed by atoms with Crippen molar-refractivity contribution in [3.8, 4) is 11.4 Å². The van der Waals surface area contributed by atoms with E-state index in [1.54, 1.807) is 0 Å². The molecule has 1 aromatic carbocycles. The summed E-state index contributed by atoms with van der Waals surface area (Å²) in [6.07, 6.45) is -2.44. The van der Waals surface area contributed by atoms with Gasteiger partial charge in [0, 0.05) is 30.7 Å². The van der Waals surface area contributed by atoms with Crippen LogP contribution in [0.1, 0.15) is 18.3 Å². The lowest BCUT2D eigenvalue weighted by Crippen LogP contribution is -2.32. The fourth-order valence-corrected chi connectivity index (χ4v) is 2.31. The van der Waals surface area contributed by atoms with Gasteiger partial charge >= 0.3 is 24.6 Å². The van der Waals surface area contributed by atoms with Crippen LogP contribution in [0.25, 0.3) is 11.4 Å². The lowest BCUT2D eigenvalue weighted by atomic mass is 10.2. The molecule has 0 aliphatic carbocycles. The van der Waals surface area contributed by atoms with Crippen LogP contribution in [0.3, 0.4) is 0 Å². The van der Waals surface area contributed by atoms with Crippen molar-refractivity contribution in [2.45, 2.75) is 19.3 Å². The molecule has 8 nitrogen and oxygen atoms in total. The molecule has 0 spiro atoms. The van der Waals surface area contributed by atoms with Gasteiger partial charge in [-0.3, -0.25) is 4.57 Å². The molecule has 3 rings (SSSR count). The molecule has 3 aromatic rings. The Labute approximate surface area is 159 Å². The fraction of sp³-hybridized carbons (Fsp3) is 0.250. The third kappa shape index (κ3) is 4.67. The van der Waals surface area contributed by atoms with E-state index >= 15 is 0 Å². The van der Waals surface area contributed by atoms with E-state index in [1.165, 1.54) is 37.5 Å². The van der Waals surface area contributed by atoms with Gasteiger partial charge in [0.1, 0.15) is 5.82 Å². The van der Waals surface area contributed by atoms with E-state index in [1.807, 2.05) is 0 Å². The first-order valence-electron chi connectivity index (χ1n) is 7.98. The number of hydrogen-bond donors (Lipinski definition) is 1. The number of urea groups is 1. The van der Waals surface area contributed by atoms with E-state index in [0.717, 1.165) is 11.1 Å². The highest BCUT2D eigenvalue weighted by Gasteiger charge is 2.38. The minimum atomic E-state index is -4.75. The summed E-state index contributed by atoms with van der Waals surface area (Å²) in [5.41, 5.74) is 0.567. The van der Waals surface area contributed by atoms with Crippen molar-refractivity contribution in [2.75, 3.05) is 12.4 Å². The number of rotatable bonds is 5. The molecule has 2 amide bonds. The van der Waals surface area contributed by atoms with Crippen molar-refractivity contribution in [3.05, 3.63) is 48.4 Å². The highest BCUT2D eigenvalue weighted by Crippen LogP contribution is 2.29. The molecule has 154 valence electrons. The summed E-state index contributed by atoms with van der Waals surface area (Å²) in [5, 5.41) is 5.79. The maximum absolute atomic E-state index is 12.8. The Bertz CT molecular complexity index is 982. The predicted molar refractivity (Wildman–Crippen MR) is 88.7 cm³/mol. The molecule has 2 aromatic heterocycles. The van der Waals surface area contributed by atoms with Gasteiger partial charge in [0.25, 0.3) is 0 Å². The average molecular weight is 416 g/mol. The monoisotopic (exact) mass is 416 g/mol. The van der Waals surface area contributed by atoms with Crippen molar-refractivity contribution >= 4 is 11.7 Å². The zero-order valence-corrected chi connectivity index (χ0v) is 14.7.